The van der Waals surface area contributed by atoms with E-state index in [1.165, 1.54) is 0 Å². The van der Waals surface area contributed by atoms with Gasteiger partial charge in [0.15, 0.2) is 11.6 Å². The van der Waals surface area contributed by atoms with Gasteiger partial charge in [0.25, 0.3) is 0 Å². The van der Waals surface area contributed by atoms with Crippen LogP contribution in [0.3, 0.4) is 0 Å². The zero-order valence-electron chi connectivity index (χ0n) is 8.58. The van der Waals surface area contributed by atoms with Gasteiger partial charge in [-0.15, -0.1) is 11.3 Å². The third-order valence-corrected chi connectivity index (χ3v) is 3.08. The van der Waals surface area contributed by atoms with Crippen molar-refractivity contribution in [2.24, 2.45) is 7.05 Å². The summed E-state index contributed by atoms with van der Waals surface area (Å²) < 4.78 is 1.73. The molecule has 1 N–H and O–H groups in total. The fraction of sp³-hybridized carbons (Fsp3) is 0.100. The minimum Gasteiger partial charge on any atom is -0.275 e. The second kappa shape index (κ2) is 3.57. The summed E-state index contributed by atoms with van der Waals surface area (Å²) in [7, 11) is 1.87. The standard InChI is InChI=1S/C10H9N5S/c1-15-6-7(5-11-15)9-12-10(14-13-9)8-3-2-4-16-8/h2-6H,1H3,(H,12,13,14). The molecule has 80 valence electrons. The number of aromatic nitrogens is 5. The van der Waals surface area contributed by atoms with Crippen molar-refractivity contribution in [3.05, 3.63) is 29.9 Å². The molecule has 16 heavy (non-hydrogen) atoms. The van der Waals surface area contributed by atoms with Gasteiger partial charge in [0.2, 0.25) is 0 Å². The summed E-state index contributed by atoms with van der Waals surface area (Å²) in [6, 6.07) is 4.00. The van der Waals surface area contributed by atoms with Crippen LogP contribution in [0.25, 0.3) is 22.1 Å². The maximum atomic E-state index is 4.43. The summed E-state index contributed by atoms with van der Waals surface area (Å²) in [5, 5.41) is 13.2. The largest absolute Gasteiger partial charge is 0.275 e. The van der Waals surface area contributed by atoms with Gasteiger partial charge >= 0.3 is 0 Å². The summed E-state index contributed by atoms with van der Waals surface area (Å²) in [6.07, 6.45) is 3.64. The second-order valence-electron chi connectivity index (χ2n) is 3.39. The van der Waals surface area contributed by atoms with Crippen molar-refractivity contribution in [3.8, 4) is 22.1 Å². The van der Waals surface area contributed by atoms with Gasteiger partial charge in [0, 0.05) is 13.2 Å². The maximum absolute atomic E-state index is 4.43. The van der Waals surface area contributed by atoms with Gasteiger partial charge in [-0.2, -0.15) is 10.2 Å². The van der Waals surface area contributed by atoms with E-state index in [1.54, 1.807) is 22.2 Å². The van der Waals surface area contributed by atoms with E-state index >= 15 is 0 Å². The molecular weight excluding hydrogens is 222 g/mol. The van der Waals surface area contributed by atoms with Crippen LogP contribution in [0.4, 0.5) is 0 Å². The molecule has 0 saturated carbocycles. The molecule has 0 aliphatic carbocycles. The number of nitrogens with zero attached hydrogens (tertiary/aromatic N) is 4. The molecule has 0 atom stereocenters. The first-order valence-corrected chi connectivity index (χ1v) is 5.66. The lowest BCUT2D eigenvalue weighted by molar-refractivity contribution is 0.768. The summed E-state index contributed by atoms with van der Waals surface area (Å²) >= 11 is 1.64. The Labute approximate surface area is 95.8 Å². The first-order chi connectivity index (χ1) is 7.83. The van der Waals surface area contributed by atoms with Gasteiger partial charge in [-0.05, 0) is 11.4 Å². The van der Waals surface area contributed by atoms with Crippen LogP contribution >= 0.6 is 11.3 Å². The van der Waals surface area contributed by atoms with E-state index in [0.29, 0.717) is 5.82 Å². The van der Waals surface area contributed by atoms with Crippen LogP contribution in [0.1, 0.15) is 0 Å². The van der Waals surface area contributed by atoms with E-state index in [1.807, 2.05) is 30.8 Å². The van der Waals surface area contributed by atoms with E-state index in [9.17, 15) is 0 Å². The molecule has 3 heterocycles. The fourth-order valence-electron chi connectivity index (χ4n) is 1.45. The zero-order valence-corrected chi connectivity index (χ0v) is 9.40. The first kappa shape index (κ1) is 9.29. The Hall–Kier alpha value is -1.95. The molecule has 3 aromatic heterocycles. The summed E-state index contributed by atoms with van der Waals surface area (Å²) in [5.74, 6) is 1.48. The average Bonchev–Trinajstić information content (AvgIpc) is 2.97. The molecular formula is C10H9N5S. The molecule has 0 bridgehead atoms. The highest BCUT2D eigenvalue weighted by Gasteiger charge is 2.09. The Bertz CT molecular complexity index is 592. The average molecular weight is 231 g/mol. The molecule has 0 saturated heterocycles. The van der Waals surface area contributed by atoms with Crippen molar-refractivity contribution in [1.29, 1.82) is 0 Å². The number of H-pyrrole nitrogens is 1. The topological polar surface area (TPSA) is 59.4 Å². The quantitative estimate of drug-likeness (QED) is 0.733. The van der Waals surface area contributed by atoms with E-state index in [0.717, 1.165) is 16.3 Å². The number of hydrogen-bond donors (Lipinski definition) is 1. The SMILES string of the molecule is Cn1cc(-c2n[nH]c(-c3cccs3)n2)cn1. The van der Waals surface area contributed by atoms with Crippen molar-refractivity contribution >= 4 is 11.3 Å². The number of nitrogens with one attached hydrogen (secondary N) is 1. The first-order valence-electron chi connectivity index (χ1n) is 4.78. The predicted octanol–water partition coefficient (Wildman–Crippen LogP) is 1.93. The van der Waals surface area contributed by atoms with Crippen LogP contribution in [0, 0.1) is 0 Å². The van der Waals surface area contributed by atoms with E-state index in [2.05, 4.69) is 20.3 Å². The number of hydrogen-bond acceptors (Lipinski definition) is 4. The van der Waals surface area contributed by atoms with Gasteiger partial charge in [0.05, 0.1) is 16.6 Å². The summed E-state index contributed by atoms with van der Waals surface area (Å²) in [6.45, 7) is 0. The lowest BCUT2D eigenvalue weighted by Gasteiger charge is -1.86. The molecule has 0 unspecified atom stereocenters. The molecule has 0 aromatic carbocycles. The molecule has 0 aliphatic rings. The molecule has 5 nitrogen and oxygen atoms in total. The minimum absolute atomic E-state index is 0.677. The summed E-state index contributed by atoms with van der Waals surface area (Å²) in [4.78, 5) is 5.51. The fourth-order valence-corrected chi connectivity index (χ4v) is 2.11. The van der Waals surface area contributed by atoms with E-state index in [4.69, 9.17) is 0 Å². The highest BCUT2D eigenvalue weighted by Crippen LogP contribution is 2.23. The molecule has 3 rings (SSSR count). The van der Waals surface area contributed by atoms with Gasteiger partial charge in [-0.3, -0.25) is 9.78 Å². The molecule has 0 amide bonds. The van der Waals surface area contributed by atoms with Gasteiger partial charge in [0.1, 0.15) is 0 Å². The molecule has 0 radical (unpaired) electrons. The molecule has 6 heteroatoms. The Balaban J connectivity index is 2.00. The van der Waals surface area contributed by atoms with E-state index < -0.39 is 0 Å². The molecule has 0 aliphatic heterocycles. The van der Waals surface area contributed by atoms with Crippen molar-refractivity contribution in [1.82, 2.24) is 25.0 Å². The lowest BCUT2D eigenvalue weighted by atomic mass is 10.3. The lowest BCUT2D eigenvalue weighted by Crippen LogP contribution is -1.84. The Kier molecular flexibility index (Phi) is 2.07. The Morgan fingerprint density at radius 3 is 3.06 bits per heavy atom. The smallest absolute Gasteiger partial charge is 0.184 e. The van der Waals surface area contributed by atoms with E-state index in [-0.39, 0.29) is 0 Å². The number of aryl methyl sites for hydroxylation is 1. The minimum atomic E-state index is 0.677. The van der Waals surface area contributed by atoms with Crippen LogP contribution in [0.5, 0.6) is 0 Å². The van der Waals surface area contributed by atoms with Crippen LogP contribution in [0.2, 0.25) is 0 Å². The number of aromatic amines is 1. The predicted molar refractivity (Wildman–Crippen MR) is 61.9 cm³/mol. The van der Waals surface area contributed by atoms with Crippen LogP contribution in [-0.4, -0.2) is 25.0 Å². The zero-order chi connectivity index (χ0) is 11.0. The number of thiophene rings is 1. The van der Waals surface area contributed by atoms with Crippen molar-refractivity contribution in [2.75, 3.05) is 0 Å². The normalized spacial score (nSPS) is 10.8. The molecule has 3 aromatic rings. The van der Waals surface area contributed by atoms with Crippen molar-refractivity contribution in [3.63, 3.8) is 0 Å². The van der Waals surface area contributed by atoms with Crippen LogP contribution in [0.15, 0.2) is 29.9 Å². The second-order valence-corrected chi connectivity index (χ2v) is 4.34. The highest BCUT2D eigenvalue weighted by atomic mass is 32.1. The van der Waals surface area contributed by atoms with Crippen molar-refractivity contribution < 1.29 is 0 Å². The third kappa shape index (κ3) is 1.53. The van der Waals surface area contributed by atoms with Crippen LogP contribution < -0.4 is 0 Å². The Morgan fingerprint density at radius 1 is 1.44 bits per heavy atom. The maximum Gasteiger partial charge on any atom is 0.184 e. The van der Waals surface area contributed by atoms with Gasteiger partial charge < -0.3 is 0 Å². The molecule has 0 spiro atoms. The van der Waals surface area contributed by atoms with Gasteiger partial charge in [-0.25, -0.2) is 4.98 Å². The third-order valence-electron chi connectivity index (χ3n) is 2.20. The van der Waals surface area contributed by atoms with Crippen LogP contribution in [-0.2, 0) is 7.05 Å². The van der Waals surface area contributed by atoms with Crippen molar-refractivity contribution in [2.45, 2.75) is 0 Å². The molecule has 0 fully saturated rings. The Morgan fingerprint density at radius 2 is 2.38 bits per heavy atom. The number of rotatable bonds is 2. The van der Waals surface area contributed by atoms with Gasteiger partial charge in [-0.1, -0.05) is 6.07 Å². The summed E-state index contributed by atoms with van der Waals surface area (Å²) in [5.41, 5.74) is 0.918. The monoisotopic (exact) mass is 231 g/mol. The highest BCUT2D eigenvalue weighted by molar-refractivity contribution is 7.13.